The normalized spacial score (nSPS) is 21.4. The third-order valence-electron chi connectivity index (χ3n) is 5.28. The molecular formula is C23H26FN3O2. The fraction of sp³-hybridized carbons (Fsp3) is 0.391. The van der Waals surface area contributed by atoms with E-state index in [-0.39, 0.29) is 17.3 Å². The molecule has 1 fully saturated rings. The Bertz CT molecular complexity index is 968. The molecule has 0 bridgehead atoms. The van der Waals surface area contributed by atoms with Crippen molar-refractivity contribution in [2.45, 2.75) is 40.1 Å². The van der Waals surface area contributed by atoms with Crippen LogP contribution in [0.25, 0.3) is 22.5 Å². The number of aromatic amines is 1. The smallest absolute Gasteiger partial charge is 0.217 e. The summed E-state index contributed by atoms with van der Waals surface area (Å²) in [5.41, 5.74) is 3.23. The fourth-order valence-corrected chi connectivity index (χ4v) is 3.98. The number of halogens is 1. The third kappa shape index (κ3) is 3.95. The monoisotopic (exact) mass is 395 g/mol. The van der Waals surface area contributed by atoms with Crippen LogP contribution in [-0.4, -0.2) is 27.7 Å². The Morgan fingerprint density at radius 2 is 1.76 bits per heavy atom. The number of benzene rings is 1. The van der Waals surface area contributed by atoms with E-state index in [1.165, 1.54) is 12.1 Å². The van der Waals surface area contributed by atoms with Gasteiger partial charge in [-0.25, -0.2) is 9.37 Å². The highest BCUT2D eigenvalue weighted by Crippen LogP contribution is 2.40. The molecule has 3 aromatic rings. The summed E-state index contributed by atoms with van der Waals surface area (Å²) in [4.78, 5) is 12.3. The van der Waals surface area contributed by atoms with Crippen molar-refractivity contribution in [3.05, 3.63) is 60.4 Å². The van der Waals surface area contributed by atoms with Crippen LogP contribution in [0.5, 0.6) is 0 Å². The van der Waals surface area contributed by atoms with Gasteiger partial charge in [-0.15, -0.1) is 0 Å². The van der Waals surface area contributed by atoms with E-state index in [4.69, 9.17) is 14.5 Å². The Balaban J connectivity index is 1.75. The summed E-state index contributed by atoms with van der Waals surface area (Å²) < 4.78 is 25.8. The SMILES string of the molecule is CC(C)C1OC(c2nc(-c3ccc(F)cc3)c(-c3ccncc3)[nH]2)OCC1(C)C. The molecule has 0 spiro atoms. The summed E-state index contributed by atoms with van der Waals surface area (Å²) in [6.07, 6.45) is 2.93. The van der Waals surface area contributed by atoms with E-state index < -0.39 is 6.29 Å². The van der Waals surface area contributed by atoms with Crippen molar-refractivity contribution in [3.8, 4) is 22.5 Å². The minimum atomic E-state index is -0.579. The average Bonchev–Trinajstić information content (AvgIpc) is 3.14. The minimum Gasteiger partial charge on any atom is -0.345 e. The highest BCUT2D eigenvalue weighted by Gasteiger charge is 2.41. The predicted octanol–water partition coefficient (Wildman–Crippen LogP) is 5.37. The van der Waals surface area contributed by atoms with Crippen molar-refractivity contribution in [1.29, 1.82) is 0 Å². The minimum absolute atomic E-state index is 0.0463. The van der Waals surface area contributed by atoms with Crippen molar-refractivity contribution < 1.29 is 13.9 Å². The number of hydrogen-bond acceptors (Lipinski definition) is 4. The van der Waals surface area contributed by atoms with Crippen molar-refractivity contribution in [2.24, 2.45) is 11.3 Å². The highest BCUT2D eigenvalue weighted by atomic mass is 19.1. The Kier molecular flexibility index (Phi) is 5.23. The molecule has 1 aliphatic heterocycles. The molecule has 2 atom stereocenters. The molecule has 4 rings (SSSR count). The van der Waals surface area contributed by atoms with Crippen molar-refractivity contribution >= 4 is 0 Å². The lowest BCUT2D eigenvalue weighted by molar-refractivity contribution is -0.276. The van der Waals surface area contributed by atoms with Gasteiger partial charge in [-0.3, -0.25) is 4.98 Å². The van der Waals surface area contributed by atoms with Gasteiger partial charge in [-0.1, -0.05) is 27.7 Å². The Labute approximate surface area is 170 Å². The molecule has 29 heavy (non-hydrogen) atoms. The first-order chi connectivity index (χ1) is 13.8. The molecule has 1 aromatic carbocycles. The highest BCUT2D eigenvalue weighted by molar-refractivity contribution is 5.78. The summed E-state index contributed by atoms with van der Waals surface area (Å²) in [5, 5.41) is 0. The quantitative estimate of drug-likeness (QED) is 0.645. The van der Waals surface area contributed by atoms with Crippen LogP contribution in [0, 0.1) is 17.2 Å². The van der Waals surface area contributed by atoms with Gasteiger partial charge in [0.2, 0.25) is 6.29 Å². The standard InChI is InChI=1S/C23H26FN3O2/c1-14(2)20-23(3,4)13-28-22(29-20)21-26-18(15-5-7-17(24)8-6-15)19(27-21)16-9-11-25-12-10-16/h5-12,14,20,22H,13H2,1-4H3,(H,26,27). The van der Waals surface area contributed by atoms with E-state index in [0.717, 1.165) is 22.5 Å². The average molecular weight is 395 g/mol. The summed E-state index contributed by atoms with van der Waals surface area (Å²) in [7, 11) is 0. The van der Waals surface area contributed by atoms with E-state index in [0.29, 0.717) is 18.3 Å². The third-order valence-corrected chi connectivity index (χ3v) is 5.28. The molecule has 0 aliphatic carbocycles. The zero-order chi connectivity index (χ0) is 20.6. The van der Waals surface area contributed by atoms with Gasteiger partial charge < -0.3 is 14.5 Å². The number of imidazole rings is 1. The van der Waals surface area contributed by atoms with Gasteiger partial charge in [0.15, 0.2) is 5.82 Å². The van der Waals surface area contributed by atoms with Gasteiger partial charge in [-0.2, -0.15) is 0 Å². The van der Waals surface area contributed by atoms with Crippen LogP contribution >= 0.6 is 0 Å². The molecule has 0 saturated carbocycles. The largest absolute Gasteiger partial charge is 0.345 e. The van der Waals surface area contributed by atoms with Crippen molar-refractivity contribution in [2.75, 3.05) is 6.61 Å². The molecule has 2 unspecified atom stereocenters. The molecule has 3 heterocycles. The number of ether oxygens (including phenoxy) is 2. The van der Waals surface area contributed by atoms with Crippen molar-refractivity contribution in [1.82, 2.24) is 15.0 Å². The van der Waals surface area contributed by atoms with E-state index in [1.54, 1.807) is 24.5 Å². The summed E-state index contributed by atoms with van der Waals surface area (Å²) in [6, 6.07) is 10.1. The second-order valence-corrected chi connectivity index (χ2v) is 8.52. The maximum absolute atomic E-state index is 13.4. The van der Waals surface area contributed by atoms with Gasteiger partial charge in [0.1, 0.15) is 5.82 Å². The molecule has 1 aliphatic rings. The number of hydrogen-bond donors (Lipinski definition) is 1. The molecule has 0 amide bonds. The zero-order valence-electron chi connectivity index (χ0n) is 17.1. The maximum Gasteiger partial charge on any atom is 0.217 e. The van der Waals surface area contributed by atoms with Gasteiger partial charge >= 0.3 is 0 Å². The lowest BCUT2D eigenvalue weighted by atomic mass is 9.80. The first-order valence-corrected chi connectivity index (χ1v) is 9.88. The second-order valence-electron chi connectivity index (χ2n) is 8.52. The van der Waals surface area contributed by atoms with Gasteiger partial charge in [0.05, 0.1) is 24.1 Å². The predicted molar refractivity (Wildman–Crippen MR) is 109 cm³/mol. The van der Waals surface area contributed by atoms with E-state index in [2.05, 4.69) is 37.7 Å². The number of nitrogens with one attached hydrogen (secondary N) is 1. The first kappa shape index (κ1) is 19.7. The molecular weight excluding hydrogens is 369 g/mol. The van der Waals surface area contributed by atoms with E-state index >= 15 is 0 Å². The van der Waals surface area contributed by atoms with Crippen LogP contribution in [0.1, 0.15) is 39.8 Å². The molecule has 2 aromatic heterocycles. The number of rotatable bonds is 4. The van der Waals surface area contributed by atoms with Crippen LogP contribution in [-0.2, 0) is 9.47 Å². The molecule has 1 saturated heterocycles. The van der Waals surface area contributed by atoms with Crippen LogP contribution < -0.4 is 0 Å². The molecule has 152 valence electrons. The summed E-state index contributed by atoms with van der Waals surface area (Å²) >= 11 is 0. The Morgan fingerprint density at radius 1 is 1.07 bits per heavy atom. The van der Waals surface area contributed by atoms with Crippen LogP contribution in [0.15, 0.2) is 48.8 Å². The Morgan fingerprint density at radius 3 is 2.41 bits per heavy atom. The molecule has 5 nitrogen and oxygen atoms in total. The lowest BCUT2D eigenvalue weighted by Gasteiger charge is -2.43. The lowest BCUT2D eigenvalue weighted by Crippen LogP contribution is -2.45. The first-order valence-electron chi connectivity index (χ1n) is 9.88. The molecule has 6 heteroatoms. The number of aromatic nitrogens is 3. The van der Waals surface area contributed by atoms with Gasteiger partial charge in [0.25, 0.3) is 0 Å². The van der Waals surface area contributed by atoms with E-state index in [9.17, 15) is 4.39 Å². The summed E-state index contributed by atoms with van der Waals surface area (Å²) in [5.74, 6) is 0.677. The molecule has 1 N–H and O–H groups in total. The maximum atomic E-state index is 13.4. The van der Waals surface area contributed by atoms with E-state index in [1.807, 2.05) is 12.1 Å². The molecule has 0 radical (unpaired) electrons. The van der Waals surface area contributed by atoms with Gasteiger partial charge in [0, 0.05) is 28.9 Å². The number of nitrogens with zero attached hydrogens (tertiary/aromatic N) is 2. The summed E-state index contributed by atoms with van der Waals surface area (Å²) in [6.45, 7) is 9.20. The van der Waals surface area contributed by atoms with Crippen LogP contribution in [0.3, 0.4) is 0 Å². The Hall–Kier alpha value is -2.57. The second kappa shape index (κ2) is 7.69. The van der Waals surface area contributed by atoms with Crippen LogP contribution in [0.4, 0.5) is 4.39 Å². The fourth-order valence-electron chi connectivity index (χ4n) is 3.98. The topological polar surface area (TPSA) is 60.0 Å². The van der Waals surface area contributed by atoms with Crippen LogP contribution in [0.2, 0.25) is 0 Å². The number of pyridine rings is 1. The van der Waals surface area contributed by atoms with Gasteiger partial charge in [-0.05, 0) is 42.3 Å². The number of H-pyrrole nitrogens is 1. The van der Waals surface area contributed by atoms with Crippen molar-refractivity contribution in [3.63, 3.8) is 0 Å². The zero-order valence-corrected chi connectivity index (χ0v) is 17.1.